The molecule has 0 aliphatic carbocycles. The van der Waals surface area contributed by atoms with Crippen molar-refractivity contribution in [1.82, 2.24) is 0 Å². The minimum atomic E-state index is -0.821. The first-order chi connectivity index (χ1) is 6.39. The highest BCUT2D eigenvalue weighted by atomic mass is 16.5. The topological polar surface area (TPSA) is 29.5 Å². The van der Waals surface area contributed by atoms with Crippen molar-refractivity contribution in [2.75, 3.05) is 7.11 Å². The van der Waals surface area contributed by atoms with Crippen LogP contribution in [0.1, 0.15) is 33.6 Å². The quantitative estimate of drug-likeness (QED) is 0.665. The van der Waals surface area contributed by atoms with Crippen LogP contribution in [0.25, 0.3) is 0 Å². The molecule has 0 radical (unpaired) electrons. The predicted octanol–water partition coefficient (Wildman–Crippen LogP) is 2.68. The van der Waals surface area contributed by atoms with E-state index in [2.05, 4.69) is 13.5 Å². The van der Waals surface area contributed by atoms with Crippen LogP contribution < -0.4 is 0 Å². The van der Waals surface area contributed by atoms with Crippen LogP contribution in [0.5, 0.6) is 0 Å². The zero-order chi connectivity index (χ0) is 11.2. The Balaban J connectivity index is 4.24. The Hall–Kier alpha value is -0.600. The molecule has 0 aromatic rings. The number of ether oxygens (including phenoxy) is 1. The summed E-state index contributed by atoms with van der Waals surface area (Å²) < 4.78 is 5.34. The summed E-state index contributed by atoms with van der Waals surface area (Å²) >= 11 is 0. The normalized spacial score (nSPS) is 20.4. The van der Waals surface area contributed by atoms with Gasteiger partial charge in [-0.1, -0.05) is 25.2 Å². The standard InChI is InChI=1S/C12H22O2/c1-6-11(3,13)9-8-10-12(4,7-2)14-5/h6,8,10,13H,1,7,9H2,2-5H3/b10-8+. The van der Waals surface area contributed by atoms with Crippen LogP contribution in [-0.2, 0) is 4.74 Å². The fourth-order valence-corrected chi connectivity index (χ4v) is 0.960. The van der Waals surface area contributed by atoms with Gasteiger partial charge in [0.25, 0.3) is 0 Å². The molecule has 82 valence electrons. The molecule has 2 unspecified atom stereocenters. The lowest BCUT2D eigenvalue weighted by Gasteiger charge is -2.23. The van der Waals surface area contributed by atoms with Gasteiger partial charge in [0.15, 0.2) is 0 Å². The molecule has 0 aliphatic rings. The zero-order valence-electron chi connectivity index (χ0n) is 9.71. The second kappa shape index (κ2) is 5.32. The SMILES string of the molecule is C=CC(C)(O)C/C=C/C(C)(CC)OC. The Morgan fingerprint density at radius 1 is 1.43 bits per heavy atom. The number of hydrogen-bond acceptors (Lipinski definition) is 2. The third-order valence-electron chi connectivity index (χ3n) is 2.61. The predicted molar refractivity (Wildman–Crippen MR) is 60.3 cm³/mol. The van der Waals surface area contributed by atoms with Crippen molar-refractivity contribution in [2.24, 2.45) is 0 Å². The highest BCUT2D eigenvalue weighted by Crippen LogP contribution is 2.18. The lowest BCUT2D eigenvalue weighted by atomic mass is 9.98. The average Bonchev–Trinajstić information content (AvgIpc) is 2.17. The molecule has 0 saturated carbocycles. The van der Waals surface area contributed by atoms with Crippen LogP contribution in [0.15, 0.2) is 24.8 Å². The number of aliphatic hydroxyl groups is 1. The lowest BCUT2D eigenvalue weighted by molar-refractivity contribution is 0.0447. The molecule has 2 nitrogen and oxygen atoms in total. The monoisotopic (exact) mass is 198 g/mol. The summed E-state index contributed by atoms with van der Waals surface area (Å²) in [6, 6.07) is 0. The molecular formula is C12H22O2. The number of hydrogen-bond donors (Lipinski definition) is 1. The first-order valence-electron chi connectivity index (χ1n) is 4.98. The van der Waals surface area contributed by atoms with Crippen LogP contribution in [-0.4, -0.2) is 23.4 Å². The molecule has 1 N–H and O–H groups in total. The summed E-state index contributed by atoms with van der Waals surface area (Å²) in [4.78, 5) is 0. The van der Waals surface area contributed by atoms with E-state index >= 15 is 0 Å². The van der Waals surface area contributed by atoms with E-state index in [1.165, 1.54) is 0 Å². The van der Waals surface area contributed by atoms with Gasteiger partial charge < -0.3 is 9.84 Å². The van der Waals surface area contributed by atoms with Crippen LogP contribution in [0, 0.1) is 0 Å². The third-order valence-corrected chi connectivity index (χ3v) is 2.61. The maximum absolute atomic E-state index is 9.66. The first-order valence-corrected chi connectivity index (χ1v) is 4.98. The van der Waals surface area contributed by atoms with Gasteiger partial charge in [0.1, 0.15) is 0 Å². The van der Waals surface area contributed by atoms with Gasteiger partial charge in [-0.2, -0.15) is 0 Å². The fraction of sp³-hybridized carbons (Fsp3) is 0.667. The summed E-state index contributed by atoms with van der Waals surface area (Å²) in [7, 11) is 1.69. The summed E-state index contributed by atoms with van der Waals surface area (Å²) in [6.45, 7) is 9.40. The maximum Gasteiger partial charge on any atom is 0.0831 e. The second-order valence-corrected chi connectivity index (χ2v) is 4.04. The van der Waals surface area contributed by atoms with Gasteiger partial charge in [-0.05, 0) is 26.7 Å². The summed E-state index contributed by atoms with van der Waals surface area (Å²) in [5, 5.41) is 9.66. The minimum Gasteiger partial charge on any atom is -0.386 e. The van der Waals surface area contributed by atoms with E-state index in [0.717, 1.165) is 6.42 Å². The van der Waals surface area contributed by atoms with Crippen LogP contribution in [0.3, 0.4) is 0 Å². The third kappa shape index (κ3) is 4.58. The molecule has 0 rings (SSSR count). The van der Waals surface area contributed by atoms with Gasteiger partial charge in [-0.15, -0.1) is 6.58 Å². The van der Waals surface area contributed by atoms with Crippen molar-refractivity contribution in [3.8, 4) is 0 Å². The largest absolute Gasteiger partial charge is 0.386 e. The van der Waals surface area contributed by atoms with Gasteiger partial charge >= 0.3 is 0 Å². The van der Waals surface area contributed by atoms with E-state index < -0.39 is 5.60 Å². The van der Waals surface area contributed by atoms with Crippen molar-refractivity contribution in [2.45, 2.75) is 44.8 Å². The molecule has 0 saturated heterocycles. The van der Waals surface area contributed by atoms with Gasteiger partial charge in [-0.3, -0.25) is 0 Å². The summed E-state index contributed by atoms with van der Waals surface area (Å²) in [5.74, 6) is 0. The Kier molecular flexibility index (Phi) is 5.09. The van der Waals surface area contributed by atoms with Crippen molar-refractivity contribution < 1.29 is 9.84 Å². The molecule has 0 aliphatic heterocycles. The van der Waals surface area contributed by atoms with Crippen molar-refractivity contribution in [1.29, 1.82) is 0 Å². The number of methoxy groups -OCH3 is 1. The smallest absolute Gasteiger partial charge is 0.0831 e. The molecule has 2 atom stereocenters. The van der Waals surface area contributed by atoms with E-state index in [1.54, 1.807) is 20.1 Å². The molecule has 0 aromatic heterocycles. The van der Waals surface area contributed by atoms with E-state index in [-0.39, 0.29) is 5.60 Å². The number of rotatable bonds is 6. The van der Waals surface area contributed by atoms with Crippen molar-refractivity contribution >= 4 is 0 Å². The molecule has 0 bridgehead atoms. The first kappa shape index (κ1) is 13.4. The van der Waals surface area contributed by atoms with E-state index in [0.29, 0.717) is 6.42 Å². The Bertz CT molecular complexity index is 200. The summed E-state index contributed by atoms with van der Waals surface area (Å²) in [5.41, 5.74) is -1.05. The van der Waals surface area contributed by atoms with E-state index in [1.807, 2.05) is 19.1 Å². The van der Waals surface area contributed by atoms with Crippen molar-refractivity contribution in [3.63, 3.8) is 0 Å². The Morgan fingerprint density at radius 3 is 2.36 bits per heavy atom. The Morgan fingerprint density at radius 2 is 2.00 bits per heavy atom. The highest BCUT2D eigenvalue weighted by molar-refractivity contribution is 5.04. The molecule has 14 heavy (non-hydrogen) atoms. The zero-order valence-corrected chi connectivity index (χ0v) is 9.71. The molecular weight excluding hydrogens is 176 g/mol. The molecule has 0 heterocycles. The van der Waals surface area contributed by atoms with Crippen LogP contribution in [0.4, 0.5) is 0 Å². The Labute approximate surface area is 87.3 Å². The maximum atomic E-state index is 9.66. The van der Waals surface area contributed by atoms with Gasteiger partial charge in [-0.25, -0.2) is 0 Å². The molecule has 0 aromatic carbocycles. The lowest BCUT2D eigenvalue weighted by Crippen LogP contribution is -2.24. The van der Waals surface area contributed by atoms with Crippen molar-refractivity contribution in [3.05, 3.63) is 24.8 Å². The van der Waals surface area contributed by atoms with Crippen LogP contribution >= 0.6 is 0 Å². The van der Waals surface area contributed by atoms with Gasteiger partial charge in [0.2, 0.25) is 0 Å². The van der Waals surface area contributed by atoms with E-state index in [9.17, 15) is 5.11 Å². The fourth-order valence-electron chi connectivity index (χ4n) is 0.960. The minimum absolute atomic E-state index is 0.225. The molecule has 2 heteroatoms. The molecule has 0 spiro atoms. The highest BCUT2D eigenvalue weighted by Gasteiger charge is 2.18. The second-order valence-electron chi connectivity index (χ2n) is 4.04. The average molecular weight is 198 g/mol. The molecule has 0 amide bonds. The van der Waals surface area contributed by atoms with Gasteiger partial charge in [0, 0.05) is 7.11 Å². The molecule has 0 fully saturated rings. The van der Waals surface area contributed by atoms with E-state index in [4.69, 9.17) is 4.74 Å². The van der Waals surface area contributed by atoms with Gasteiger partial charge in [0.05, 0.1) is 11.2 Å². The van der Waals surface area contributed by atoms with Crippen LogP contribution in [0.2, 0.25) is 0 Å². The summed E-state index contributed by atoms with van der Waals surface area (Å²) in [6.07, 6.45) is 6.96.